The molecule has 0 bridgehead atoms. The van der Waals surface area contributed by atoms with Gasteiger partial charge in [0.05, 0.1) is 69.1 Å². The van der Waals surface area contributed by atoms with Gasteiger partial charge in [0.25, 0.3) is 11.5 Å². The number of pyridine rings is 1. The lowest BCUT2D eigenvalue weighted by Gasteiger charge is -2.33. The molecule has 20 heteroatoms. The van der Waals surface area contributed by atoms with Gasteiger partial charge in [0.15, 0.2) is 6.61 Å². The number of H-pyrrole nitrogens is 1. The summed E-state index contributed by atoms with van der Waals surface area (Å²) in [6, 6.07) is 22.5. The standard InChI is InChI=1S/C52H60F4N8O8/c1-35-50(36(2)72-62-35)38-28-47(51(66)60-31-38)59-30-37-7-4-9-42(27-37)71-33-49(65)58-18-20-67-21-22-68-23-24-69-25-26-70-41-14-12-39(13-15-41)57-17-6-8-40-29-43-45(61-46-16-19-63(3)32-44(46)53)10-5-11-48(43)64(40)34-52(54,55)56/h4-5,7,9-15,27-29,31,44,46,57,59,61H,16-26,30,32-34H2,1-3H3,(H,58,65)(H,60,66)/t44-,46+/m0/s1. The molecule has 1 amide bonds. The Kier molecular flexibility index (Phi) is 19.0. The fourth-order valence-corrected chi connectivity index (χ4v) is 8.05. The topological polar surface area (TPSA) is 178 Å². The third-order valence-electron chi connectivity index (χ3n) is 11.6. The molecule has 0 radical (unpaired) electrons. The van der Waals surface area contributed by atoms with Gasteiger partial charge in [-0.05, 0) is 99.5 Å². The molecule has 16 nitrogen and oxygen atoms in total. The number of nitrogens with zero attached hydrogens (tertiary/aromatic N) is 3. The third kappa shape index (κ3) is 15.7. The van der Waals surface area contributed by atoms with Crippen molar-refractivity contribution < 1.29 is 50.6 Å². The zero-order valence-corrected chi connectivity index (χ0v) is 40.5. The smallest absolute Gasteiger partial charge is 0.406 e. The average molecular weight is 1000 g/mol. The summed E-state index contributed by atoms with van der Waals surface area (Å²) < 4.78 is 90.4. The number of carbonyl (C=O) groups excluding carboxylic acids is 1. The summed E-state index contributed by atoms with van der Waals surface area (Å²) in [6.07, 6.45) is -3.36. The first-order valence-electron chi connectivity index (χ1n) is 23.6. The first kappa shape index (κ1) is 52.8. The number of anilines is 3. The Hall–Kier alpha value is -7.05. The Morgan fingerprint density at radius 3 is 2.38 bits per heavy atom. The molecule has 3 aromatic heterocycles. The number of likely N-dealkylation sites (tertiary alicyclic amines) is 1. The average Bonchev–Trinajstić information content (AvgIpc) is 3.88. The highest BCUT2D eigenvalue weighted by atomic mass is 19.4. The number of benzene rings is 3. The number of aryl methyl sites for hydroxylation is 2. The summed E-state index contributed by atoms with van der Waals surface area (Å²) in [5.41, 5.74) is 5.25. The highest BCUT2D eigenvalue weighted by Gasteiger charge is 2.31. The Balaban J connectivity index is 0.710. The lowest BCUT2D eigenvalue weighted by Crippen LogP contribution is -2.46. The summed E-state index contributed by atoms with van der Waals surface area (Å²) in [5, 5.41) is 16.9. The normalized spacial score (nSPS) is 14.9. The number of hydrogen-bond acceptors (Lipinski definition) is 13. The Morgan fingerprint density at radius 2 is 1.64 bits per heavy atom. The Labute approximate surface area is 414 Å². The summed E-state index contributed by atoms with van der Waals surface area (Å²) in [5.74, 6) is 7.36. The van der Waals surface area contributed by atoms with Gasteiger partial charge < -0.3 is 63.9 Å². The van der Waals surface area contributed by atoms with Crippen molar-refractivity contribution in [2.45, 2.75) is 51.7 Å². The highest BCUT2D eigenvalue weighted by Crippen LogP contribution is 2.32. The molecule has 0 saturated carbocycles. The van der Waals surface area contributed by atoms with Crippen LogP contribution in [0.2, 0.25) is 0 Å². The first-order chi connectivity index (χ1) is 34.8. The number of rotatable bonds is 25. The van der Waals surface area contributed by atoms with Crippen molar-refractivity contribution >= 4 is 33.9 Å². The zero-order chi connectivity index (χ0) is 50.9. The van der Waals surface area contributed by atoms with E-state index in [2.05, 4.69) is 43.2 Å². The van der Waals surface area contributed by atoms with Crippen molar-refractivity contribution in [1.82, 2.24) is 24.9 Å². The minimum atomic E-state index is -4.46. The van der Waals surface area contributed by atoms with E-state index in [-0.39, 0.29) is 30.3 Å². The fourth-order valence-electron chi connectivity index (χ4n) is 8.05. The molecule has 72 heavy (non-hydrogen) atoms. The van der Waals surface area contributed by atoms with Crippen molar-refractivity contribution in [3.8, 4) is 34.5 Å². The summed E-state index contributed by atoms with van der Waals surface area (Å²) in [7, 11) is 1.86. The number of aromatic amines is 1. The minimum absolute atomic E-state index is 0.173. The Morgan fingerprint density at radius 1 is 0.889 bits per heavy atom. The fraction of sp³-hybridized carbons (Fsp3) is 0.404. The predicted octanol–water partition coefficient (Wildman–Crippen LogP) is 7.32. The van der Waals surface area contributed by atoms with Crippen LogP contribution in [0.1, 0.15) is 29.1 Å². The second-order valence-corrected chi connectivity index (χ2v) is 17.1. The van der Waals surface area contributed by atoms with Crippen LogP contribution in [0.5, 0.6) is 11.5 Å². The van der Waals surface area contributed by atoms with Gasteiger partial charge in [-0.15, -0.1) is 0 Å². The van der Waals surface area contributed by atoms with Crippen LogP contribution in [-0.4, -0.2) is 130 Å². The molecule has 0 spiro atoms. The molecule has 0 aliphatic carbocycles. The largest absolute Gasteiger partial charge is 0.491 e. The van der Waals surface area contributed by atoms with E-state index < -0.39 is 24.9 Å². The van der Waals surface area contributed by atoms with Gasteiger partial charge in [-0.2, -0.15) is 13.2 Å². The predicted molar refractivity (Wildman–Crippen MR) is 266 cm³/mol. The number of ether oxygens (including phenoxy) is 5. The van der Waals surface area contributed by atoms with Gasteiger partial charge >= 0.3 is 6.18 Å². The number of piperidine rings is 1. The van der Waals surface area contributed by atoms with Crippen LogP contribution in [0, 0.1) is 25.7 Å². The van der Waals surface area contributed by atoms with E-state index >= 15 is 0 Å². The van der Waals surface area contributed by atoms with Crippen LogP contribution in [0.4, 0.5) is 34.6 Å². The van der Waals surface area contributed by atoms with E-state index in [0.717, 1.165) is 39.2 Å². The number of alkyl halides is 4. The molecule has 1 fully saturated rings. The molecule has 7 rings (SSSR count). The Bertz CT molecular complexity index is 2800. The van der Waals surface area contributed by atoms with Gasteiger partial charge in [0.1, 0.15) is 42.3 Å². The molecule has 0 unspecified atom stereocenters. The van der Waals surface area contributed by atoms with Crippen LogP contribution in [0.25, 0.3) is 22.0 Å². The molecule has 5 N–H and O–H groups in total. The number of nitrogens with one attached hydrogen (secondary N) is 5. The second-order valence-electron chi connectivity index (χ2n) is 17.1. The zero-order valence-electron chi connectivity index (χ0n) is 40.5. The molecule has 1 aliphatic heterocycles. The van der Waals surface area contributed by atoms with Crippen LogP contribution in [0.3, 0.4) is 0 Å². The number of carbonyl (C=O) groups is 1. The summed E-state index contributed by atoms with van der Waals surface area (Å²) in [4.78, 5) is 29.5. The van der Waals surface area contributed by atoms with Crippen molar-refractivity contribution in [3.05, 3.63) is 118 Å². The third-order valence-corrected chi connectivity index (χ3v) is 11.6. The molecule has 2 atom stereocenters. The lowest BCUT2D eigenvalue weighted by molar-refractivity contribution is -0.140. The van der Waals surface area contributed by atoms with Gasteiger partial charge in [-0.1, -0.05) is 29.3 Å². The second kappa shape index (κ2) is 25.9. The maximum Gasteiger partial charge on any atom is 0.406 e. The molecular weight excluding hydrogens is 941 g/mol. The van der Waals surface area contributed by atoms with Crippen LogP contribution >= 0.6 is 0 Å². The van der Waals surface area contributed by atoms with E-state index in [0.29, 0.717) is 112 Å². The van der Waals surface area contributed by atoms with Gasteiger partial charge in [0, 0.05) is 60.3 Å². The van der Waals surface area contributed by atoms with Gasteiger partial charge in [0.2, 0.25) is 0 Å². The SMILES string of the molecule is Cc1noc(C)c1-c1c[nH]c(=O)c(NCc2cccc(OCC(=O)NCCOCCOCCOCCOc3ccc(NCC#Cc4cc5c(N[C@@H]6CCN(C)C[C@@H]6F)cccc5n4CC(F)(F)F)cc3)c2)c1. The van der Waals surface area contributed by atoms with Crippen molar-refractivity contribution in [2.24, 2.45) is 0 Å². The van der Waals surface area contributed by atoms with Crippen molar-refractivity contribution in [2.75, 3.05) is 102 Å². The number of aromatic nitrogens is 3. The van der Waals surface area contributed by atoms with Crippen LogP contribution in [0.15, 0.2) is 94.4 Å². The van der Waals surface area contributed by atoms with Crippen LogP contribution in [-0.2, 0) is 32.1 Å². The molecule has 6 aromatic rings. The molecule has 4 heterocycles. The van der Waals surface area contributed by atoms with Crippen molar-refractivity contribution in [3.63, 3.8) is 0 Å². The van der Waals surface area contributed by atoms with Crippen LogP contribution < -0.4 is 36.3 Å². The molecule has 1 aliphatic rings. The quantitative estimate of drug-likeness (QED) is 0.0219. The van der Waals surface area contributed by atoms with E-state index in [9.17, 15) is 27.2 Å². The molecular formula is C52H60F4N8O8. The monoisotopic (exact) mass is 1000 g/mol. The maximum absolute atomic E-state index is 14.8. The molecule has 1 saturated heterocycles. The number of fused-ring (bicyclic) bond motifs is 1. The molecule has 384 valence electrons. The highest BCUT2D eigenvalue weighted by molar-refractivity contribution is 5.94. The van der Waals surface area contributed by atoms with E-state index in [1.807, 2.05) is 50.1 Å². The van der Waals surface area contributed by atoms with E-state index in [4.69, 9.17) is 28.2 Å². The van der Waals surface area contributed by atoms with E-state index in [1.54, 1.807) is 60.8 Å². The van der Waals surface area contributed by atoms with Crippen molar-refractivity contribution in [1.29, 1.82) is 0 Å². The van der Waals surface area contributed by atoms with Gasteiger partial charge in [-0.3, -0.25) is 9.59 Å². The van der Waals surface area contributed by atoms with Gasteiger partial charge in [-0.25, -0.2) is 4.39 Å². The van der Waals surface area contributed by atoms with E-state index in [1.165, 1.54) is 0 Å². The summed E-state index contributed by atoms with van der Waals surface area (Å²) in [6.45, 7) is 6.56. The molecule has 3 aromatic carbocycles. The summed E-state index contributed by atoms with van der Waals surface area (Å²) >= 11 is 0. The lowest BCUT2D eigenvalue weighted by atomic mass is 10.0. The maximum atomic E-state index is 14.8. The number of hydrogen-bond donors (Lipinski definition) is 5. The number of amides is 1. The number of halogens is 4. The minimum Gasteiger partial charge on any atom is -0.491 e. The first-order valence-corrected chi connectivity index (χ1v) is 23.6.